The second-order valence-corrected chi connectivity index (χ2v) is 10.1. The summed E-state index contributed by atoms with van der Waals surface area (Å²) < 4.78 is 2.02. The molecule has 1 aliphatic heterocycles. The molecule has 1 aliphatic carbocycles. The molecule has 182 valence electrons. The van der Waals surface area contributed by atoms with Gasteiger partial charge in [-0.05, 0) is 49.6 Å². The maximum Gasteiger partial charge on any atom is 0.271 e. The van der Waals surface area contributed by atoms with E-state index in [0.29, 0.717) is 18.8 Å². The number of aromatic nitrogens is 2. The average Bonchev–Trinajstić information content (AvgIpc) is 3.28. The van der Waals surface area contributed by atoms with Gasteiger partial charge >= 0.3 is 0 Å². The number of pyridine rings is 1. The third-order valence-electron chi connectivity index (χ3n) is 7.55. The number of fused-ring (bicyclic) bond motifs is 1. The van der Waals surface area contributed by atoms with E-state index in [1.165, 1.54) is 19.3 Å². The maximum atomic E-state index is 14.0. The molecule has 3 heterocycles. The van der Waals surface area contributed by atoms with Crippen LogP contribution in [0.15, 0.2) is 66.9 Å². The normalized spacial score (nSPS) is 21.2. The van der Waals surface area contributed by atoms with Crippen molar-refractivity contribution >= 4 is 11.8 Å². The van der Waals surface area contributed by atoms with Gasteiger partial charge in [-0.15, -0.1) is 0 Å². The lowest BCUT2D eigenvalue weighted by atomic mass is 9.91. The molecule has 0 spiro atoms. The van der Waals surface area contributed by atoms with E-state index in [1.807, 2.05) is 72.2 Å². The number of carbonyl (C=O) groups is 2. The highest BCUT2D eigenvalue weighted by atomic mass is 16.2. The van der Waals surface area contributed by atoms with E-state index in [2.05, 4.69) is 10.3 Å². The summed E-state index contributed by atoms with van der Waals surface area (Å²) in [4.78, 5) is 34.0. The zero-order valence-corrected chi connectivity index (χ0v) is 20.5. The first-order valence-corrected chi connectivity index (χ1v) is 12.8. The van der Waals surface area contributed by atoms with E-state index in [-0.39, 0.29) is 17.9 Å². The molecule has 2 aromatic heterocycles. The number of rotatable bonds is 5. The van der Waals surface area contributed by atoms with Crippen LogP contribution < -0.4 is 5.32 Å². The van der Waals surface area contributed by atoms with Crippen LogP contribution in [0.2, 0.25) is 0 Å². The van der Waals surface area contributed by atoms with E-state index < -0.39 is 5.54 Å². The second kappa shape index (κ2) is 10.1. The molecule has 0 saturated heterocycles. The minimum Gasteiger partial charge on any atom is -0.351 e. The largest absolute Gasteiger partial charge is 0.351 e. The molecule has 0 radical (unpaired) electrons. The summed E-state index contributed by atoms with van der Waals surface area (Å²) in [5.41, 5.74) is 2.33. The number of benzene rings is 1. The van der Waals surface area contributed by atoms with Gasteiger partial charge in [-0.25, -0.2) is 0 Å². The fourth-order valence-corrected chi connectivity index (χ4v) is 5.48. The molecule has 1 atom stereocenters. The number of carbonyl (C=O) groups excluding carboxylic acids is 2. The van der Waals surface area contributed by atoms with Gasteiger partial charge in [0.2, 0.25) is 5.91 Å². The number of amides is 2. The van der Waals surface area contributed by atoms with Crippen LogP contribution in [-0.4, -0.2) is 37.8 Å². The summed E-state index contributed by atoms with van der Waals surface area (Å²) in [5.74, 6) is -0.217. The SMILES string of the molecule is C[C@@]1(C(=O)NC2CCCCCCC2)Cn2c(ccc2-c2ccccc2)C(=O)N1Cc1ccccn1. The van der Waals surface area contributed by atoms with Crippen LogP contribution >= 0.6 is 0 Å². The Labute approximate surface area is 207 Å². The zero-order chi connectivity index (χ0) is 24.3. The lowest BCUT2D eigenvalue weighted by Gasteiger charge is -2.45. The molecular weight excluding hydrogens is 436 g/mol. The van der Waals surface area contributed by atoms with E-state index in [0.717, 1.165) is 42.6 Å². The quantitative estimate of drug-likeness (QED) is 0.558. The fourth-order valence-electron chi connectivity index (χ4n) is 5.48. The molecular formula is C29H34N4O2. The molecule has 35 heavy (non-hydrogen) atoms. The molecule has 1 saturated carbocycles. The molecule has 1 fully saturated rings. The molecule has 1 N–H and O–H groups in total. The Kier molecular flexibility index (Phi) is 6.71. The number of hydrogen-bond donors (Lipinski definition) is 1. The molecule has 3 aromatic rings. The summed E-state index contributed by atoms with van der Waals surface area (Å²) in [5, 5.41) is 3.35. The molecule has 6 nitrogen and oxygen atoms in total. The topological polar surface area (TPSA) is 67.2 Å². The molecule has 0 bridgehead atoms. The standard InChI is InChI=1S/C29H34N4O2/c1-29(28(35)31-23-14-8-3-2-4-9-15-23)21-32-25(22-12-6-5-7-13-22)17-18-26(32)27(34)33(29)20-24-16-10-11-19-30-24/h5-7,10-13,16-19,23H,2-4,8-9,14-15,20-21H2,1H3,(H,31,35)/t29-/m0/s1. The Balaban J connectivity index is 1.50. The number of nitrogens with one attached hydrogen (secondary N) is 1. The Bertz CT molecular complexity index is 1170. The summed E-state index contributed by atoms with van der Waals surface area (Å²) in [6.45, 7) is 2.60. The molecule has 6 heteroatoms. The lowest BCUT2D eigenvalue weighted by Crippen LogP contribution is -2.64. The Hall–Kier alpha value is -3.41. The van der Waals surface area contributed by atoms with E-state index in [1.54, 1.807) is 11.1 Å². The third-order valence-corrected chi connectivity index (χ3v) is 7.55. The molecule has 2 aliphatic rings. The van der Waals surface area contributed by atoms with Crippen molar-refractivity contribution < 1.29 is 9.59 Å². The van der Waals surface area contributed by atoms with Crippen LogP contribution in [0, 0.1) is 0 Å². The summed E-state index contributed by atoms with van der Waals surface area (Å²) in [6, 6.07) is 19.8. The van der Waals surface area contributed by atoms with Crippen molar-refractivity contribution in [1.29, 1.82) is 0 Å². The van der Waals surface area contributed by atoms with Gasteiger partial charge in [0, 0.05) is 17.9 Å². The van der Waals surface area contributed by atoms with Crippen molar-refractivity contribution in [2.75, 3.05) is 0 Å². The van der Waals surface area contributed by atoms with E-state index in [4.69, 9.17) is 0 Å². The first kappa shape index (κ1) is 23.3. The van der Waals surface area contributed by atoms with Crippen LogP contribution in [0.25, 0.3) is 11.3 Å². The minimum absolute atomic E-state index is 0.0780. The second-order valence-electron chi connectivity index (χ2n) is 10.1. The summed E-state index contributed by atoms with van der Waals surface area (Å²) >= 11 is 0. The minimum atomic E-state index is -1.04. The van der Waals surface area contributed by atoms with Crippen molar-refractivity contribution in [2.45, 2.75) is 76.5 Å². The molecule has 5 rings (SSSR count). The van der Waals surface area contributed by atoms with Crippen molar-refractivity contribution in [3.05, 3.63) is 78.2 Å². The highest BCUT2D eigenvalue weighted by Gasteiger charge is 2.48. The molecule has 0 unspecified atom stereocenters. The van der Waals surface area contributed by atoms with Crippen LogP contribution in [-0.2, 0) is 17.9 Å². The van der Waals surface area contributed by atoms with Gasteiger partial charge in [0.05, 0.1) is 18.8 Å². The van der Waals surface area contributed by atoms with Crippen molar-refractivity contribution in [3.8, 4) is 11.3 Å². The first-order chi connectivity index (χ1) is 17.1. The predicted octanol–water partition coefficient (Wildman–Crippen LogP) is 5.19. The fraction of sp³-hybridized carbons (Fsp3) is 0.414. The third kappa shape index (κ3) is 4.75. The average molecular weight is 471 g/mol. The van der Waals surface area contributed by atoms with E-state index in [9.17, 15) is 9.59 Å². The molecule has 2 amide bonds. The Morgan fingerprint density at radius 2 is 1.63 bits per heavy atom. The predicted molar refractivity (Wildman–Crippen MR) is 137 cm³/mol. The van der Waals surface area contributed by atoms with Crippen molar-refractivity contribution in [3.63, 3.8) is 0 Å². The summed E-state index contributed by atoms with van der Waals surface area (Å²) in [6.07, 6.45) is 9.73. The van der Waals surface area contributed by atoms with Gasteiger partial charge in [-0.2, -0.15) is 0 Å². The van der Waals surface area contributed by atoms with Gasteiger partial charge in [-0.1, -0.05) is 68.5 Å². The zero-order valence-electron chi connectivity index (χ0n) is 20.5. The maximum absolute atomic E-state index is 14.0. The van der Waals surface area contributed by atoms with Crippen LogP contribution in [0.4, 0.5) is 0 Å². The van der Waals surface area contributed by atoms with E-state index >= 15 is 0 Å². The van der Waals surface area contributed by atoms with Gasteiger partial charge in [-0.3, -0.25) is 14.6 Å². The monoisotopic (exact) mass is 470 g/mol. The smallest absolute Gasteiger partial charge is 0.271 e. The molecule has 1 aromatic carbocycles. The highest BCUT2D eigenvalue weighted by Crippen LogP contribution is 2.34. The van der Waals surface area contributed by atoms with Crippen LogP contribution in [0.5, 0.6) is 0 Å². The Morgan fingerprint density at radius 3 is 2.34 bits per heavy atom. The summed E-state index contributed by atoms with van der Waals surface area (Å²) in [7, 11) is 0. The number of nitrogens with zero attached hydrogens (tertiary/aromatic N) is 3. The van der Waals surface area contributed by atoms with Gasteiger partial charge in [0.25, 0.3) is 5.91 Å². The van der Waals surface area contributed by atoms with Crippen LogP contribution in [0.1, 0.15) is 68.1 Å². The highest BCUT2D eigenvalue weighted by molar-refractivity contribution is 6.00. The van der Waals surface area contributed by atoms with Gasteiger partial charge in [0.1, 0.15) is 11.2 Å². The van der Waals surface area contributed by atoms with Crippen molar-refractivity contribution in [1.82, 2.24) is 19.8 Å². The van der Waals surface area contributed by atoms with Crippen molar-refractivity contribution in [2.24, 2.45) is 0 Å². The lowest BCUT2D eigenvalue weighted by molar-refractivity contribution is -0.134. The number of hydrogen-bond acceptors (Lipinski definition) is 3. The van der Waals surface area contributed by atoms with Crippen LogP contribution in [0.3, 0.4) is 0 Å². The Morgan fingerprint density at radius 1 is 0.943 bits per heavy atom. The van der Waals surface area contributed by atoms with Gasteiger partial charge in [0.15, 0.2) is 0 Å². The first-order valence-electron chi connectivity index (χ1n) is 12.8. The van der Waals surface area contributed by atoms with Gasteiger partial charge < -0.3 is 14.8 Å².